The van der Waals surface area contributed by atoms with Gasteiger partial charge in [0.1, 0.15) is 4.83 Å². The van der Waals surface area contributed by atoms with Crippen molar-refractivity contribution < 1.29 is 18.0 Å². The Balaban J connectivity index is 2.05. The minimum atomic E-state index is -4.68. The van der Waals surface area contributed by atoms with Crippen LogP contribution < -0.4 is 10.9 Å². The lowest BCUT2D eigenvalue weighted by molar-refractivity contribution is -0.136. The van der Waals surface area contributed by atoms with Crippen LogP contribution >= 0.6 is 22.9 Å². The Morgan fingerprint density at radius 3 is 2.70 bits per heavy atom. The molecule has 0 spiro atoms. The number of anilines is 1. The average molecular weight is 416 g/mol. The number of fused-ring (bicyclic) bond motifs is 1. The molecule has 1 N–H and O–H groups in total. The van der Waals surface area contributed by atoms with Gasteiger partial charge >= 0.3 is 6.18 Å². The zero-order chi connectivity index (χ0) is 19.9. The fourth-order valence-electron chi connectivity index (χ4n) is 2.64. The summed E-state index contributed by atoms with van der Waals surface area (Å²) < 4.78 is 41.0. The van der Waals surface area contributed by atoms with Crippen LogP contribution in [-0.2, 0) is 12.7 Å². The van der Waals surface area contributed by atoms with Gasteiger partial charge < -0.3 is 5.32 Å². The summed E-state index contributed by atoms with van der Waals surface area (Å²) in [6.45, 7) is 3.77. The van der Waals surface area contributed by atoms with E-state index in [0.29, 0.717) is 22.3 Å². The summed E-state index contributed by atoms with van der Waals surface area (Å²) in [5.41, 5.74) is -1.37. The minimum Gasteiger partial charge on any atom is -0.321 e. The molecule has 0 atom stereocenters. The lowest BCUT2D eigenvalue weighted by atomic mass is 10.1. The lowest BCUT2D eigenvalue weighted by Gasteiger charge is -2.14. The summed E-state index contributed by atoms with van der Waals surface area (Å²) in [4.78, 5) is 29.7. The number of benzene rings is 1. The summed E-state index contributed by atoms with van der Waals surface area (Å²) in [5.74, 6) is -0.745. The van der Waals surface area contributed by atoms with Crippen LogP contribution in [0.5, 0.6) is 0 Å². The van der Waals surface area contributed by atoms with E-state index in [1.54, 1.807) is 13.8 Å². The Morgan fingerprint density at radius 1 is 1.37 bits per heavy atom. The molecule has 0 unspecified atom stereocenters. The quantitative estimate of drug-likeness (QED) is 0.673. The standard InChI is InChI=1S/C17H13ClF3N3O2S/c1-3-24-7-22-15-12(16(24)26)8(2)13(27-15)14(25)23-11-5-4-9(18)6-10(11)17(19,20)21/h4-7H,3H2,1-2H3,(H,23,25). The monoisotopic (exact) mass is 415 g/mol. The van der Waals surface area contributed by atoms with Gasteiger partial charge in [-0.1, -0.05) is 11.6 Å². The molecule has 3 rings (SSSR count). The Kier molecular flexibility index (Phi) is 5.00. The van der Waals surface area contributed by atoms with Crippen molar-refractivity contribution in [3.63, 3.8) is 0 Å². The molecular weight excluding hydrogens is 403 g/mol. The van der Waals surface area contributed by atoms with Gasteiger partial charge in [0, 0.05) is 11.6 Å². The molecule has 0 bridgehead atoms. The van der Waals surface area contributed by atoms with E-state index in [-0.39, 0.29) is 15.5 Å². The van der Waals surface area contributed by atoms with E-state index in [1.807, 2.05) is 0 Å². The first-order valence-electron chi connectivity index (χ1n) is 7.80. The molecule has 0 aliphatic rings. The van der Waals surface area contributed by atoms with E-state index in [2.05, 4.69) is 10.3 Å². The maximum atomic E-state index is 13.2. The number of alkyl halides is 3. The van der Waals surface area contributed by atoms with E-state index in [0.717, 1.165) is 23.5 Å². The molecule has 0 saturated carbocycles. The molecule has 3 aromatic rings. The van der Waals surface area contributed by atoms with Crippen molar-refractivity contribution in [1.29, 1.82) is 0 Å². The average Bonchev–Trinajstić information content (AvgIpc) is 2.93. The molecule has 0 saturated heterocycles. The number of halogens is 4. The highest BCUT2D eigenvalue weighted by Crippen LogP contribution is 2.37. The second kappa shape index (κ2) is 6.97. The molecule has 1 amide bonds. The van der Waals surface area contributed by atoms with Crippen LogP contribution in [0.3, 0.4) is 0 Å². The first-order valence-corrected chi connectivity index (χ1v) is 8.99. The maximum absolute atomic E-state index is 13.2. The Bertz CT molecular complexity index is 1110. The van der Waals surface area contributed by atoms with Crippen molar-refractivity contribution in [3.8, 4) is 0 Å². The van der Waals surface area contributed by atoms with Crippen molar-refractivity contribution in [2.24, 2.45) is 0 Å². The normalized spacial score (nSPS) is 11.8. The van der Waals surface area contributed by atoms with E-state index < -0.39 is 23.3 Å². The van der Waals surface area contributed by atoms with Gasteiger partial charge in [0.2, 0.25) is 0 Å². The number of hydrogen-bond acceptors (Lipinski definition) is 4. The highest BCUT2D eigenvalue weighted by molar-refractivity contribution is 7.20. The van der Waals surface area contributed by atoms with E-state index in [1.165, 1.54) is 17.0 Å². The number of amides is 1. The molecule has 0 aliphatic carbocycles. The van der Waals surface area contributed by atoms with Crippen molar-refractivity contribution in [2.45, 2.75) is 26.6 Å². The molecule has 2 heterocycles. The van der Waals surface area contributed by atoms with E-state index in [9.17, 15) is 22.8 Å². The molecule has 10 heteroatoms. The summed E-state index contributed by atoms with van der Waals surface area (Å²) >= 11 is 6.60. The van der Waals surface area contributed by atoms with Gasteiger partial charge in [0.25, 0.3) is 11.5 Å². The molecule has 0 fully saturated rings. The van der Waals surface area contributed by atoms with Crippen LogP contribution in [0.2, 0.25) is 5.02 Å². The van der Waals surface area contributed by atoms with Gasteiger partial charge in [-0.05, 0) is 37.6 Å². The first-order chi connectivity index (χ1) is 12.6. The molecule has 0 aliphatic heterocycles. The Hall–Kier alpha value is -2.39. The number of carbonyl (C=O) groups excluding carboxylic acids is 1. The molecule has 1 aromatic carbocycles. The Labute approximate surface area is 160 Å². The van der Waals surface area contributed by atoms with Crippen molar-refractivity contribution in [3.05, 3.63) is 55.9 Å². The summed E-state index contributed by atoms with van der Waals surface area (Å²) in [6.07, 6.45) is -3.30. The lowest BCUT2D eigenvalue weighted by Crippen LogP contribution is -2.20. The van der Waals surface area contributed by atoms with Crippen LogP contribution in [-0.4, -0.2) is 15.5 Å². The zero-order valence-electron chi connectivity index (χ0n) is 14.1. The summed E-state index contributed by atoms with van der Waals surface area (Å²) in [7, 11) is 0. The fourth-order valence-corrected chi connectivity index (χ4v) is 3.85. The minimum absolute atomic E-state index is 0.0947. The van der Waals surface area contributed by atoms with Crippen LogP contribution in [0.1, 0.15) is 27.7 Å². The third-order valence-electron chi connectivity index (χ3n) is 4.00. The van der Waals surface area contributed by atoms with E-state index >= 15 is 0 Å². The van der Waals surface area contributed by atoms with Crippen molar-refractivity contribution in [1.82, 2.24) is 9.55 Å². The van der Waals surface area contributed by atoms with Gasteiger partial charge in [0.05, 0.1) is 27.8 Å². The molecule has 27 heavy (non-hydrogen) atoms. The number of thiophene rings is 1. The maximum Gasteiger partial charge on any atom is 0.418 e. The Morgan fingerprint density at radius 2 is 2.07 bits per heavy atom. The number of nitrogens with zero attached hydrogens (tertiary/aromatic N) is 2. The largest absolute Gasteiger partial charge is 0.418 e. The topological polar surface area (TPSA) is 64.0 Å². The first kappa shape index (κ1) is 19.4. The number of carbonyl (C=O) groups is 1. The van der Waals surface area contributed by atoms with Crippen molar-refractivity contribution in [2.75, 3.05) is 5.32 Å². The third kappa shape index (κ3) is 3.57. The van der Waals surface area contributed by atoms with Crippen LogP contribution in [0, 0.1) is 6.92 Å². The molecule has 5 nitrogen and oxygen atoms in total. The predicted molar refractivity (Wildman–Crippen MR) is 98.7 cm³/mol. The molecule has 142 valence electrons. The van der Waals surface area contributed by atoms with Gasteiger partial charge in [-0.3, -0.25) is 14.2 Å². The molecule has 0 radical (unpaired) electrons. The molecular formula is C17H13ClF3N3O2S. The summed E-state index contributed by atoms with van der Waals surface area (Å²) in [5, 5.41) is 2.47. The fraction of sp³-hybridized carbons (Fsp3) is 0.235. The second-order valence-electron chi connectivity index (χ2n) is 5.71. The van der Waals surface area contributed by atoms with Gasteiger partial charge in [-0.2, -0.15) is 13.2 Å². The van der Waals surface area contributed by atoms with Crippen LogP contribution in [0.25, 0.3) is 10.2 Å². The second-order valence-corrected chi connectivity index (χ2v) is 7.15. The van der Waals surface area contributed by atoms with Crippen LogP contribution in [0.4, 0.5) is 18.9 Å². The number of aromatic nitrogens is 2. The molecule has 2 aromatic heterocycles. The van der Waals surface area contributed by atoms with Gasteiger partial charge in [-0.25, -0.2) is 4.98 Å². The van der Waals surface area contributed by atoms with E-state index in [4.69, 9.17) is 11.6 Å². The summed E-state index contributed by atoms with van der Waals surface area (Å²) in [6, 6.07) is 3.09. The third-order valence-corrected chi connectivity index (χ3v) is 5.43. The van der Waals surface area contributed by atoms with Crippen molar-refractivity contribution >= 4 is 44.7 Å². The highest BCUT2D eigenvalue weighted by atomic mass is 35.5. The van der Waals surface area contributed by atoms with Crippen LogP contribution in [0.15, 0.2) is 29.3 Å². The number of rotatable bonds is 3. The number of aryl methyl sites for hydroxylation is 2. The SMILES string of the molecule is CCn1cnc2sc(C(=O)Nc3ccc(Cl)cc3C(F)(F)F)c(C)c2c1=O. The number of nitrogens with one attached hydrogen (secondary N) is 1. The van der Waals surface area contributed by atoms with Gasteiger partial charge in [0.15, 0.2) is 0 Å². The highest BCUT2D eigenvalue weighted by Gasteiger charge is 2.34. The smallest absolute Gasteiger partial charge is 0.321 e. The zero-order valence-corrected chi connectivity index (χ0v) is 15.7. The number of hydrogen-bond donors (Lipinski definition) is 1. The van der Waals surface area contributed by atoms with Gasteiger partial charge in [-0.15, -0.1) is 11.3 Å². The predicted octanol–water partition coefficient (Wildman–Crippen LogP) is 4.71.